The maximum Gasteiger partial charge on any atom is 0.309 e. The second kappa shape index (κ2) is 6.24. The first-order chi connectivity index (χ1) is 9.79. The minimum atomic E-state index is -0.465. The Kier molecular flexibility index (Phi) is 4.97. The number of carbonyl (C=O) groups excluding carboxylic acids is 3. The van der Waals surface area contributed by atoms with E-state index in [0.717, 1.165) is 0 Å². The summed E-state index contributed by atoms with van der Waals surface area (Å²) in [6.07, 6.45) is -0.930. The molecular formula is C13H16Br2O6. The fourth-order valence-electron chi connectivity index (χ4n) is 3.11. The first-order valence-electron chi connectivity index (χ1n) is 6.50. The molecule has 7 atom stereocenters. The third-order valence-corrected chi connectivity index (χ3v) is 6.79. The average molecular weight is 428 g/mol. The van der Waals surface area contributed by atoms with E-state index in [1.165, 1.54) is 21.0 Å². The highest BCUT2D eigenvalue weighted by Crippen LogP contribution is 2.60. The first-order valence-corrected chi connectivity index (χ1v) is 8.33. The lowest BCUT2D eigenvalue weighted by molar-refractivity contribution is -0.155. The predicted octanol–water partition coefficient (Wildman–Crippen LogP) is 1.43. The molecule has 0 N–H and O–H groups in total. The quantitative estimate of drug-likeness (QED) is 0.385. The van der Waals surface area contributed by atoms with Gasteiger partial charge < -0.3 is 14.2 Å². The monoisotopic (exact) mass is 426 g/mol. The molecule has 0 saturated heterocycles. The fourth-order valence-corrected chi connectivity index (χ4v) is 4.64. The zero-order valence-corrected chi connectivity index (χ0v) is 14.9. The van der Waals surface area contributed by atoms with Crippen molar-refractivity contribution in [1.29, 1.82) is 0 Å². The van der Waals surface area contributed by atoms with Crippen molar-refractivity contribution >= 4 is 49.8 Å². The molecule has 2 fully saturated rings. The Balaban J connectivity index is 2.26. The molecule has 6 nitrogen and oxygen atoms in total. The molecule has 0 aromatic rings. The summed E-state index contributed by atoms with van der Waals surface area (Å²) in [7, 11) is 1.31. The van der Waals surface area contributed by atoms with Gasteiger partial charge >= 0.3 is 17.9 Å². The van der Waals surface area contributed by atoms with Crippen LogP contribution < -0.4 is 0 Å². The maximum absolute atomic E-state index is 11.9. The Labute approximate surface area is 139 Å². The van der Waals surface area contributed by atoms with Crippen LogP contribution in [0.4, 0.5) is 0 Å². The van der Waals surface area contributed by atoms with Crippen molar-refractivity contribution in [2.75, 3.05) is 7.11 Å². The number of ether oxygens (including phenoxy) is 3. The molecule has 8 heteroatoms. The summed E-state index contributed by atoms with van der Waals surface area (Å²) in [6.45, 7) is 2.65. The van der Waals surface area contributed by atoms with Gasteiger partial charge in [0.25, 0.3) is 0 Å². The van der Waals surface area contributed by atoms with Crippen LogP contribution in [0.3, 0.4) is 0 Å². The van der Waals surface area contributed by atoms with Crippen molar-refractivity contribution < 1.29 is 28.6 Å². The summed E-state index contributed by atoms with van der Waals surface area (Å²) < 4.78 is 15.5. The number of halogens is 2. The fraction of sp³-hybridized carbons (Fsp3) is 0.769. The highest BCUT2D eigenvalue weighted by Gasteiger charge is 2.70. The number of alkyl halides is 2. The van der Waals surface area contributed by atoms with Crippen molar-refractivity contribution in [3.8, 4) is 0 Å². The number of hydrogen-bond acceptors (Lipinski definition) is 6. The highest BCUT2D eigenvalue weighted by atomic mass is 79.9. The third-order valence-electron chi connectivity index (χ3n) is 3.90. The van der Waals surface area contributed by atoms with Gasteiger partial charge in [-0.3, -0.25) is 14.4 Å². The lowest BCUT2D eigenvalue weighted by Crippen LogP contribution is -2.47. The van der Waals surface area contributed by atoms with Crippen LogP contribution in [0.2, 0.25) is 0 Å². The molecule has 0 radical (unpaired) electrons. The van der Waals surface area contributed by atoms with Gasteiger partial charge in [-0.15, -0.1) is 0 Å². The van der Waals surface area contributed by atoms with E-state index in [0.29, 0.717) is 0 Å². The molecule has 0 bridgehead atoms. The highest BCUT2D eigenvalue weighted by molar-refractivity contribution is 9.12. The molecule has 118 valence electrons. The molecule has 2 aliphatic rings. The number of fused-ring (bicyclic) bond motifs is 1. The van der Waals surface area contributed by atoms with Gasteiger partial charge in [-0.2, -0.15) is 0 Å². The van der Waals surface area contributed by atoms with Gasteiger partial charge in [-0.05, 0) is 0 Å². The first kappa shape index (κ1) is 16.7. The standard InChI is InChI=1S/C13H16Br2O6/c1-4(16)20-11-6-7(8(6)13(18)19-3)12(21-5(2)17)10(15)9(11)14/h6-12H,1-3H3/t6-,7+,8?,9-,10-,11-,12+/m1/s1. The zero-order valence-electron chi connectivity index (χ0n) is 11.7. The summed E-state index contributed by atoms with van der Waals surface area (Å²) in [6, 6.07) is 0. The van der Waals surface area contributed by atoms with E-state index >= 15 is 0 Å². The van der Waals surface area contributed by atoms with Crippen LogP contribution in [-0.2, 0) is 28.6 Å². The summed E-state index contributed by atoms with van der Waals surface area (Å²) in [4.78, 5) is 33.9. The van der Waals surface area contributed by atoms with Gasteiger partial charge in [0.1, 0.15) is 12.2 Å². The van der Waals surface area contributed by atoms with E-state index in [1.54, 1.807) is 0 Å². The number of esters is 3. The summed E-state index contributed by atoms with van der Waals surface area (Å²) in [5, 5.41) is 0. The van der Waals surface area contributed by atoms with E-state index < -0.39 is 30.1 Å². The normalized spacial score (nSPS) is 40.7. The zero-order chi connectivity index (χ0) is 15.9. The molecule has 0 spiro atoms. The van der Waals surface area contributed by atoms with Crippen molar-refractivity contribution in [2.24, 2.45) is 17.8 Å². The van der Waals surface area contributed by atoms with Crippen LogP contribution in [0.15, 0.2) is 0 Å². The van der Waals surface area contributed by atoms with E-state index in [2.05, 4.69) is 31.9 Å². The Morgan fingerprint density at radius 2 is 1.24 bits per heavy atom. The molecule has 1 unspecified atom stereocenters. The molecule has 2 aliphatic carbocycles. The molecule has 0 amide bonds. The van der Waals surface area contributed by atoms with Crippen LogP contribution in [0.5, 0.6) is 0 Å². The van der Waals surface area contributed by atoms with E-state index in [9.17, 15) is 14.4 Å². The molecule has 21 heavy (non-hydrogen) atoms. The topological polar surface area (TPSA) is 78.9 Å². The minimum absolute atomic E-state index is 0.205. The molecule has 0 aliphatic heterocycles. The second-order valence-corrected chi connectivity index (χ2v) is 7.36. The number of hydrogen-bond donors (Lipinski definition) is 0. The summed E-state index contributed by atoms with van der Waals surface area (Å²) in [5.41, 5.74) is 0. The van der Waals surface area contributed by atoms with Gasteiger partial charge in [0.15, 0.2) is 0 Å². The summed E-state index contributed by atoms with van der Waals surface area (Å²) >= 11 is 6.95. The predicted molar refractivity (Wildman–Crippen MR) is 79.0 cm³/mol. The van der Waals surface area contributed by atoms with Gasteiger partial charge in [0.05, 0.1) is 22.7 Å². The molecule has 2 rings (SSSR count). The van der Waals surface area contributed by atoms with Gasteiger partial charge in [-0.25, -0.2) is 0 Å². The molecular weight excluding hydrogens is 412 g/mol. The maximum atomic E-state index is 11.9. The van der Waals surface area contributed by atoms with Crippen LogP contribution in [0, 0.1) is 17.8 Å². The smallest absolute Gasteiger partial charge is 0.309 e. The SMILES string of the molecule is COC(=O)C1[C@@H]2[C@@H](OC(C)=O)[C@H](Br)[C@@H](Br)[C@@H](OC(C)=O)[C@H]12. The van der Waals surface area contributed by atoms with Crippen LogP contribution in [0.1, 0.15) is 13.8 Å². The lowest BCUT2D eigenvalue weighted by atomic mass is 9.94. The van der Waals surface area contributed by atoms with Crippen LogP contribution in [-0.4, -0.2) is 46.9 Å². The van der Waals surface area contributed by atoms with E-state index in [1.807, 2.05) is 0 Å². The largest absolute Gasteiger partial charge is 0.469 e. The van der Waals surface area contributed by atoms with E-state index in [4.69, 9.17) is 14.2 Å². The van der Waals surface area contributed by atoms with Crippen LogP contribution >= 0.6 is 31.9 Å². The summed E-state index contributed by atoms with van der Waals surface area (Å²) in [5.74, 6) is -2.03. The van der Waals surface area contributed by atoms with Gasteiger partial charge in [-0.1, -0.05) is 31.9 Å². The Bertz CT molecular complexity index is 434. The number of carbonyl (C=O) groups is 3. The number of methoxy groups -OCH3 is 1. The molecule has 2 saturated carbocycles. The average Bonchev–Trinajstić information content (AvgIpc) is 3.13. The Hall–Kier alpha value is -0.630. The number of rotatable bonds is 3. The Morgan fingerprint density at radius 3 is 1.52 bits per heavy atom. The van der Waals surface area contributed by atoms with Gasteiger partial charge in [0.2, 0.25) is 0 Å². The van der Waals surface area contributed by atoms with Crippen molar-refractivity contribution in [1.82, 2.24) is 0 Å². The minimum Gasteiger partial charge on any atom is -0.469 e. The second-order valence-electron chi connectivity index (χ2n) is 5.24. The van der Waals surface area contributed by atoms with Crippen molar-refractivity contribution in [2.45, 2.75) is 35.7 Å². The van der Waals surface area contributed by atoms with Gasteiger partial charge in [0, 0.05) is 25.7 Å². The third kappa shape index (κ3) is 3.11. The Morgan fingerprint density at radius 1 is 0.857 bits per heavy atom. The van der Waals surface area contributed by atoms with Crippen molar-refractivity contribution in [3.63, 3.8) is 0 Å². The van der Waals surface area contributed by atoms with Crippen molar-refractivity contribution in [3.05, 3.63) is 0 Å². The van der Waals surface area contributed by atoms with Crippen LogP contribution in [0.25, 0.3) is 0 Å². The van der Waals surface area contributed by atoms with E-state index in [-0.39, 0.29) is 27.5 Å². The molecule has 0 aromatic carbocycles. The molecule has 0 aromatic heterocycles. The molecule has 0 heterocycles. The lowest BCUT2D eigenvalue weighted by Gasteiger charge is -2.35.